The van der Waals surface area contributed by atoms with E-state index in [0.29, 0.717) is 27.8 Å². The third kappa shape index (κ3) is 3.45. The van der Waals surface area contributed by atoms with Crippen molar-refractivity contribution < 1.29 is 13.9 Å². The van der Waals surface area contributed by atoms with Crippen LogP contribution in [0.15, 0.2) is 24.5 Å². The number of methoxy groups -OCH3 is 1. The molecule has 2 bridgehead atoms. The summed E-state index contributed by atoms with van der Waals surface area (Å²) in [6.45, 7) is 1.83. The summed E-state index contributed by atoms with van der Waals surface area (Å²) in [5.74, 6) is -0.198. The lowest BCUT2D eigenvalue weighted by molar-refractivity contribution is -0.152. The van der Waals surface area contributed by atoms with Crippen molar-refractivity contribution in [3.8, 4) is 11.3 Å². The summed E-state index contributed by atoms with van der Waals surface area (Å²) in [6.07, 6.45) is 7.48. The van der Waals surface area contributed by atoms with Crippen molar-refractivity contribution >= 4 is 34.4 Å². The van der Waals surface area contributed by atoms with E-state index in [4.69, 9.17) is 16.3 Å². The molecule has 6 rings (SSSR count). The summed E-state index contributed by atoms with van der Waals surface area (Å²) in [5, 5.41) is 4.64. The zero-order valence-electron chi connectivity index (χ0n) is 17.4. The Morgan fingerprint density at radius 1 is 1.26 bits per heavy atom. The van der Waals surface area contributed by atoms with Gasteiger partial charge in [0.05, 0.1) is 23.7 Å². The lowest BCUT2D eigenvalue weighted by Crippen LogP contribution is -2.52. The minimum atomic E-state index is -0.428. The molecule has 2 N–H and O–H groups in total. The molecule has 0 aliphatic heterocycles. The first-order chi connectivity index (χ1) is 15.0. The topological polar surface area (TPSA) is 79.9 Å². The van der Waals surface area contributed by atoms with E-state index >= 15 is 0 Å². The van der Waals surface area contributed by atoms with Gasteiger partial charge in [-0.1, -0.05) is 11.6 Å². The molecule has 0 aromatic carbocycles. The van der Waals surface area contributed by atoms with E-state index in [9.17, 15) is 9.18 Å². The summed E-state index contributed by atoms with van der Waals surface area (Å²) in [6, 6.07) is 3.12. The number of aromatic nitrogens is 3. The number of ether oxygens (including phenoxy) is 1. The summed E-state index contributed by atoms with van der Waals surface area (Å²) >= 11 is 6.14. The highest BCUT2D eigenvalue weighted by Gasteiger charge is 2.48. The number of aromatic amines is 1. The van der Waals surface area contributed by atoms with Gasteiger partial charge in [-0.15, -0.1) is 0 Å². The molecule has 3 saturated carbocycles. The molecular weight excluding hydrogens is 419 g/mol. The van der Waals surface area contributed by atoms with E-state index in [1.807, 2.05) is 19.2 Å². The van der Waals surface area contributed by atoms with Crippen LogP contribution < -0.4 is 5.32 Å². The minimum Gasteiger partial charge on any atom is -0.469 e. The van der Waals surface area contributed by atoms with Crippen molar-refractivity contribution in [2.24, 2.45) is 17.8 Å². The highest BCUT2D eigenvalue weighted by atomic mass is 35.5. The van der Waals surface area contributed by atoms with Crippen molar-refractivity contribution in [3.63, 3.8) is 0 Å². The summed E-state index contributed by atoms with van der Waals surface area (Å²) in [4.78, 5) is 24.6. The molecule has 0 saturated heterocycles. The lowest BCUT2D eigenvalue weighted by Gasteiger charge is -2.47. The van der Waals surface area contributed by atoms with Gasteiger partial charge in [-0.25, -0.2) is 14.4 Å². The van der Waals surface area contributed by atoms with Gasteiger partial charge in [0.25, 0.3) is 0 Å². The van der Waals surface area contributed by atoms with Crippen molar-refractivity contribution in [1.29, 1.82) is 0 Å². The number of rotatable bonds is 4. The Hall–Kier alpha value is -2.67. The van der Waals surface area contributed by atoms with Crippen LogP contribution in [-0.4, -0.2) is 34.1 Å². The number of hydrogen-bond acceptors (Lipinski definition) is 5. The molecule has 0 amide bonds. The number of nitrogens with one attached hydrogen (secondary N) is 2. The third-order valence-electron chi connectivity index (χ3n) is 6.92. The summed E-state index contributed by atoms with van der Waals surface area (Å²) < 4.78 is 20.1. The van der Waals surface area contributed by atoms with Crippen LogP contribution in [0.5, 0.6) is 0 Å². The average molecular weight is 443 g/mol. The van der Waals surface area contributed by atoms with Crippen LogP contribution in [0.4, 0.5) is 10.2 Å². The number of anilines is 1. The Labute approximate surface area is 184 Å². The van der Waals surface area contributed by atoms with E-state index in [0.717, 1.165) is 36.6 Å². The standard InChI is InChI=1S/C23H24ClFN4O2/c1-11-7-17(25)22(28-19(11)16-10-27-21-15(16)8-14(24)9-26-21)29-20-13-5-3-12(4-6-13)18(20)23(30)31-2/h7-10,12-13,18,20H,3-6H2,1-2H3,(H,26,27)(H,28,29). The maximum absolute atomic E-state index is 15.0. The quantitative estimate of drug-likeness (QED) is 0.548. The highest BCUT2D eigenvalue weighted by Crippen LogP contribution is 2.47. The molecule has 0 radical (unpaired) electrons. The van der Waals surface area contributed by atoms with E-state index < -0.39 is 5.82 Å². The number of H-pyrrole nitrogens is 1. The summed E-state index contributed by atoms with van der Waals surface area (Å²) in [7, 11) is 1.42. The highest BCUT2D eigenvalue weighted by molar-refractivity contribution is 6.31. The number of carbonyl (C=O) groups excluding carboxylic acids is 1. The SMILES string of the molecule is COC(=O)C1C2CCC(CC2)C1Nc1nc(-c2c[nH]c3ncc(Cl)cc23)c(C)cc1F. The van der Waals surface area contributed by atoms with E-state index in [-0.39, 0.29) is 29.7 Å². The van der Waals surface area contributed by atoms with Crippen molar-refractivity contribution in [2.45, 2.75) is 38.6 Å². The Morgan fingerprint density at radius 3 is 2.74 bits per heavy atom. The third-order valence-corrected chi connectivity index (χ3v) is 7.12. The predicted octanol–water partition coefficient (Wildman–Crippen LogP) is 5.12. The second-order valence-corrected chi connectivity index (χ2v) is 9.07. The van der Waals surface area contributed by atoms with Gasteiger partial charge in [0.1, 0.15) is 5.65 Å². The van der Waals surface area contributed by atoms with E-state index in [2.05, 4.69) is 20.3 Å². The molecule has 3 aromatic heterocycles. The molecule has 3 aliphatic carbocycles. The Kier molecular flexibility index (Phi) is 5.08. The molecule has 3 aromatic rings. The van der Waals surface area contributed by atoms with Gasteiger partial charge in [0, 0.05) is 29.4 Å². The molecule has 2 atom stereocenters. The second kappa shape index (κ2) is 7.79. The first-order valence-electron chi connectivity index (χ1n) is 10.6. The van der Waals surface area contributed by atoms with Gasteiger partial charge >= 0.3 is 5.97 Å². The molecule has 6 nitrogen and oxygen atoms in total. The number of carbonyl (C=O) groups is 1. The van der Waals surface area contributed by atoms with Crippen LogP contribution in [0.2, 0.25) is 5.02 Å². The molecule has 162 valence electrons. The van der Waals surface area contributed by atoms with E-state index in [1.165, 1.54) is 13.2 Å². The maximum atomic E-state index is 15.0. The van der Waals surface area contributed by atoms with Gasteiger partial charge in [-0.05, 0) is 62.1 Å². The van der Waals surface area contributed by atoms with Crippen LogP contribution in [0, 0.1) is 30.5 Å². The number of pyridine rings is 2. The number of nitrogens with zero attached hydrogens (tertiary/aromatic N) is 2. The molecule has 8 heteroatoms. The number of halogens is 2. The predicted molar refractivity (Wildman–Crippen MR) is 117 cm³/mol. The van der Waals surface area contributed by atoms with Gasteiger partial charge in [-0.3, -0.25) is 4.79 Å². The molecule has 0 spiro atoms. The van der Waals surface area contributed by atoms with Gasteiger partial charge in [0.2, 0.25) is 0 Å². The molecule has 3 fully saturated rings. The van der Waals surface area contributed by atoms with E-state index in [1.54, 1.807) is 6.20 Å². The van der Waals surface area contributed by atoms with Gasteiger partial charge in [0.15, 0.2) is 11.6 Å². The fraction of sp³-hybridized carbons (Fsp3) is 0.435. The zero-order valence-corrected chi connectivity index (χ0v) is 18.2. The Balaban J connectivity index is 1.54. The largest absolute Gasteiger partial charge is 0.469 e. The van der Waals surface area contributed by atoms with Crippen molar-refractivity contribution in [3.05, 3.63) is 40.9 Å². The van der Waals surface area contributed by atoms with Gasteiger partial charge in [-0.2, -0.15) is 0 Å². The molecular formula is C23H24ClFN4O2. The Bertz CT molecular complexity index is 1160. The Morgan fingerprint density at radius 2 is 2.00 bits per heavy atom. The van der Waals surface area contributed by atoms with Gasteiger partial charge < -0.3 is 15.0 Å². The fourth-order valence-electron chi connectivity index (χ4n) is 5.42. The molecule has 3 heterocycles. The first-order valence-corrected chi connectivity index (χ1v) is 11.0. The van der Waals surface area contributed by atoms with Crippen LogP contribution in [0.1, 0.15) is 31.2 Å². The average Bonchev–Trinajstić information content (AvgIpc) is 3.18. The van der Waals surface area contributed by atoms with Crippen molar-refractivity contribution in [2.75, 3.05) is 12.4 Å². The molecule has 31 heavy (non-hydrogen) atoms. The lowest BCUT2D eigenvalue weighted by atomic mass is 9.61. The monoisotopic (exact) mass is 442 g/mol. The smallest absolute Gasteiger partial charge is 0.311 e. The number of hydrogen-bond donors (Lipinski definition) is 2. The number of aryl methyl sites for hydroxylation is 1. The number of fused-ring (bicyclic) bond motifs is 4. The molecule has 3 aliphatic rings. The maximum Gasteiger partial charge on any atom is 0.311 e. The second-order valence-electron chi connectivity index (χ2n) is 8.63. The normalized spacial score (nSPS) is 25.0. The van der Waals surface area contributed by atoms with Crippen LogP contribution in [0.25, 0.3) is 22.3 Å². The van der Waals surface area contributed by atoms with Crippen molar-refractivity contribution in [1.82, 2.24) is 15.0 Å². The fourth-order valence-corrected chi connectivity index (χ4v) is 5.58. The first kappa shape index (κ1) is 20.2. The van der Waals surface area contributed by atoms with Crippen LogP contribution in [0.3, 0.4) is 0 Å². The number of esters is 1. The summed E-state index contributed by atoms with van der Waals surface area (Å²) in [5.41, 5.74) is 2.85. The zero-order chi connectivity index (χ0) is 21.7. The minimum absolute atomic E-state index is 0.163. The van der Waals surface area contributed by atoms with Crippen LogP contribution in [-0.2, 0) is 9.53 Å². The van der Waals surface area contributed by atoms with Crippen LogP contribution >= 0.6 is 11.6 Å². The molecule has 2 unspecified atom stereocenters.